The summed E-state index contributed by atoms with van der Waals surface area (Å²) in [4.78, 5) is 1.33. The van der Waals surface area contributed by atoms with E-state index in [4.69, 9.17) is 0 Å². The molecule has 0 bridgehead atoms. The van der Waals surface area contributed by atoms with Crippen molar-refractivity contribution in [2.45, 2.75) is 70.1 Å². The van der Waals surface area contributed by atoms with Crippen LogP contribution >= 0.6 is 11.8 Å². The van der Waals surface area contributed by atoms with Gasteiger partial charge in [0.25, 0.3) is 0 Å². The highest BCUT2D eigenvalue weighted by molar-refractivity contribution is 8.02. The van der Waals surface area contributed by atoms with Crippen molar-refractivity contribution in [3.63, 3.8) is 0 Å². The Bertz CT molecular complexity index is 342. The summed E-state index contributed by atoms with van der Waals surface area (Å²) in [6.45, 7) is 4.61. The van der Waals surface area contributed by atoms with Crippen LogP contribution in [0.2, 0.25) is 0 Å². The molecule has 0 heterocycles. The molecule has 0 saturated carbocycles. The van der Waals surface area contributed by atoms with Crippen LogP contribution in [0.3, 0.4) is 0 Å². The van der Waals surface area contributed by atoms with E-state index in [1.54, 1.807) is 0 Å². The molecule has 0 spiro atoms. The van der Waals surface area contributed by atoms with E-state index in [9.17, 15) is 0 Å². The van der Waals surface area contributed by atoms with Crippen LogP contribution in [0.25, 0.3) is 0 Å². The van der Waals surface area contributed by atoms with Gasteiger partial charge >= 0.3 is 0 Å². The molecule has 1 aromatic carbocycles. The highest BCUT2D eigenvalue weighted by Crippen LogP contribution is 2.20. The summed E-state index contributed by atoms with van der Waals surface area (Å²) >= 11 is 1.82. The monoisotopic (exact) mass is 290 g/mol. The molecule has 0 nitrogen and oxygen atoms in total. The van der Waals surface area contributed by atoms with Crippen LogP contribution < -0.4 is 0 Å². The van der Waals surface area contributed by atoms with Crippen LogP contribution in [-0.4, -0.2) is 0 Å². The molecule has 1 heteroatoms. The van der Waals surface area contributed by atoms with Gasteiger partial charge in [0.2, 0.25) is 0 Å². The molecule has 1 atom stereocenters. The molecule has 1 unspecified atom stereocenters. The molecular weight excluding hydrogens is 260 g/mol. The second-order valence-corrected chi connectivity index (χ2v) is 6.63. The van der Waals surface area contributed by atoms with Gasteiger partial charge in [-0.2, -0.15) is 0 Å². The molecular formula is C19H30S. The van der Waals surface area contributed by atoms with Crippen molar-refractivity contribution < 1.29 is 0 Å². The van der Waals surface area contributed by atoms with Crippen LogP contribution in [0.4, 0.5) is 0 Å². The minimum Gasteiger partial charge on any atom is -0.0984 e. The van der Waals surface area contributed by atoms with Crippen LogP contribution in [0.15, 0.2) is 46.7 Å². The largest absolute Gasteiger partial charge is 0.0984 e. The number of hydrogen-bond donors (Lipinski definition) is 0. The zero-order valence-corrected chi connectivity index (χ0v) is 14.0. The normalized spacial score (nSPS) is 12.9. The molecule has 20 heavy (non-hydrogen) atoms. The fraction of sp³-hybridized carbons (Fsp3) is 0.579. The van der Waals surface area contributed by atoms with E-state index in [-0.39, 0.29) is 0 Å². The highest BCUT2D eigenvalue weighted by Gasteiger charge is 1.97. The number of allylic oxidation sites excluding steroid dienone is 1. The standard InChI is InChI=1S/C19H30S/c1-3-4-5-6-7-8-10-13-18(2)16-17-20-19-14-11-9-12-15-19/h9,11-12,14-18H,3-8,10,13H2,1-2H3/b17-16+. The van der Waals surface area contributed by atoms with Crippen molar-refractivity contribution in [1.29, 1.82) is 0 Å². The maximum Gasteiger partial charge on any atom is 0.0116 e. The number of benzene rings is 1. The third kappa shape index (κ3) is 9.25. The lowest BCUT2D eigenvalue weighted by Crippen LogP contribution is -1.89. The van der Waals surface area contributed by atoms with Gasteiger partial charge in [-0.15, -0.1) is 0 Å². The van der Waals surface area contributed by atoms with Crippen LogP contribution in [0.5, 0.6) is 0 Å². The summed E-state index contributed by atoms with van der Waals surface area (Å²) in [6.07, 6.45) is 13.5. The first-order chi connectivity index (χ1) is 9.83. The summed E-state index contributed by atoms with van der Waals surface area (Å²) in [5, 5.41) is 2.25. The van der Waals surface area contributed by atoms with Gasteiger partial charge in [0, 0.05) is 4.90 Å². The average molecular weight is 291 g/mol. The zero-order chi connectivity index (χ0) is 14.5. The van der Waals surface area contributed by atoms with Gasteiger partial charge in [-0.25, -0.2) is 0 Å². The predicted octanol–water partition coefficient (Wildman–Crippen LogP) is 7.07. The molecule has 0 aromatic heterocycles. The summed E-state index contributed by atoms with van der Waals surface area (Å²) in [5.74, 6) is 0.710. The number of thioether (sulfide) groups is 1. The lowest BCUT2D eigenvalue weighted by molar-refractivity contribution is 0.537. The van der Waals surface area contributed by atoms with Crippen molar-refractivity contribution in [3.05, 3.63) is 41.8 Å². The Labute approximate surface area is 130 Å². The van der Waals surface area contributed by atoms with Crippen LogP contribution in [0.1, 0.15) is 65.2 Å². The lowest BCUT2D eigenvalue weighted by atomic mass is 10.0. The molecule has 0 radical (unpaired) electrons. The van der Waals surface area contributed by atoms with Crippen molar-refractivity contribution in [2.24, 2.45) is 5.92 Å². The molecule has 0 aliphatic heterocycles. The predicted molar refractivity (Wildman–Crippen MR) is 93.2 cm³/mol. The van der Waals surface area contributed by atoms with Crippen molar-refractivity contribution >= 4 is 11.8 Å². The van der Waals surface area contributed by atoms with E-state index in [1.165, 1.54) is 56.3 Å². The molecule has 0 fully saturated rings. The molecule has 0 N–H and O–H groups in total. The Morgan fingerprint density at radius 2 is 1.60 bits per heavy atom. The van der Waals surface area contributed by atoms with Gasteiger partial charge in [-0.1, -0.05) is 94.8 Å². The minimum absolute atomic E-state index is 0.710. The lowest BCUT2D eigenvalue weighted by Gasteiger charge is -2.06. The highest BCUT2D eigenvalue weighted by atomic mass is 32.2. The van der Waals surface area contributed by atoms with E-state index >= 15 is 0 Å². The van der Waals surface area contributed by atoms with E-state index in [2.05, 4.69) is 55.7 Å². The first-order valence-electron chi connectivity index (χ1n) is 8.21. The molecule has 1 aromatic rings. The van der Waals surface area contributed by atoms with E-state index < -0.39 is 0 Å². The molecule has 0 saturated heterocycles. The summed E-state index contributed by atoms with van der Waals surface area (Å²) < 4.78 is 0. The Morgan fingerprint density at radius 3 is 2.30 bits per heavy atom. The zero-order valence-electron chi connectivity index (χ0n) is 13.2. The number of unbranched alkanes of at least 4 members (excludes halogenated alkanes) is 6. The minimum atomic E-state index is 0.710. The fourth-order valence-electron chi connectivity index (χ4n) is 2.27. The van der Waals surface area contributed by atoms with Crippen LogP contribution in [0, 0.1) is 5.92 Å². The number of hydrogen-bond acceptors (Lipinski definition) is 1. The van der Waals surface area contributed by atoms with E-state index in [0.29, 0.717) is 5.92 Å². The van der Waals surface area contributed by atoms with Gasteiger partial charge < -0.3 is 0 Å². The quantitative estimate of drug-likeness (QED) is 0.310. The van der Waals surface area contributed by atoms with Crippen molar-refractivity contribution in [2.75, 3.05) is 0 Å². The molecule has 0 aliphatic rings. The van der Waals surface area contributed by atoms with Gasteiger partial charge in [-0.05, 0) is 29.9 Å². The van der Waals surface area contributed by atoms with E-state index in [1.807, 2.05) is 11.8 Å². The van der Waals surface area contributed by atoms with Crippen molar-refractivity contribution in [1.82, 2.24) is 0 Å². The summed E-state index contributed by atoms with van der Waals surface area (Å²) in [5.41, 5.74) is 0. The summed E-state index contributed by atoms with van der Waals surface area (Å²) in [7, 11) is 0. The Kier molecular flexibility index (Phi) is 10.5. The smallest absolute Gasteiger partial charge is 0.0116 e. The third-order valence-corrected chi connectivity index (χ3v) is 4.45. The Hall–Kier alpha value is -0.690. The Morgan fingerprint density at radius 1 is 0.950 bits per heavy atom. The first-order valence-corrected chi connectivity index (χ1v) is 9.09. The van der Waals surface area contributed by atoms with Gasteiger partial charge in [-0.3, -0.25) is 0 Å². The Balaban J connectivity index is 2.01. The van der Waals surface area contributed by atoms with Gasteiger partial charge in [0.15, 0.2) is 0 Å². The van der Waals surface area contributed by atoms with Gasteiger partial charge in [0.05, 0.1) is 0 Å². The van der Waals surface area contributed by atoms with E-state index in [0.717, 1.165) is 0 Å². The second-order valence-electron chi connectivity index (χ2n) is 5.65. The summed E-state index contributed by atoms with van der Waals surface area (Å²) in [6, 6.07) is 10.6. The average Bonchev–Trinajstić information content (AvgIpc) is 2.47. The maximum absolute atomic E-state index is 2.36. The molecule has 112 valence electrons. The van der Waals surface area contributed by atoms with Crippen molar-refractivity contribution in [3.8, 4) is 0 Å². The first kappa shape index (κ1) is 17.4. The van der Waals surface area contributed by atoms with Gasteiger partial charge in [0.1, 0.15) is 0 Å². The maximum atomic E-state index is 2.36. The molecule has 0 amide bonds. The fourth-order valence-corrected chi connectivity index (χ4v) is 3.09. The topological polar surface area (TPSA) is 0 Å². The van der Waals surface area contributed by atoms with Crippen LogP contribution in [-0.2, 0) is 0 Å². The molecule has 1 rings (SSSR count). The number of rotatable bonds is 11. The molecule has 0 aliphatic carbocycles. The SMILES string of the molecule is CCCCCCCCCC(C)/C=C/Sc1ccccc1. The second kappa shape index (κ2) is 12.1. The third-order valence-electron chi connectivity index (χ3n) is 3.62.